The largest absolute Gasteiger partial charge is 0.354 e. The SMILES string of the molecule is CCCCN.O=C(CNC(=O)C1CCCN1C(=O)Cc1cccc2ccccc12)NCCc1cccc(-c2ccccc2)c1. The second-order valence-electron chi connectivity index (χ2n) is 11.1. The fourth-order valence-electron chi connectivity index (χ4n) is 5.48. The van der Waals surface area contributed by atoms with E-state index in [0.29, 0.717) is 25.9 Å². The third-order valence-electron chi connectivity index (χ3n) is 7.85. The number of carbonyl (C=O) groups excluding carboxylic acids is 3. The highest BCUT2D eigenvalue weighted by Crippen LogP contribution is 2.23. The molecule has 7 heteroatoms. The van der Waals surface area contributed by atoms with E-state index in [0.717, 1.165) is 46.0 Å². The predicted octanol–water partition coefficient (Wildman–Crippen LogP) is 5.26. The van der Waals surface area contributed by atoms with Crippen LogP contribution in [0.25, 0.3) is 21.9 Å². The number of nitrogens with one attached hydrogen (secondary N) is 2. The first-order valence-electron chi connectivity index (χ1n) is 15.6. The lowest BCUT2D eigenvalue weighted by atomic mass is 10.0. The molecule has 0 saturated carbocycles. The van der Waals surface area contributed by atoms with Crippen LogP contribution >= 0.6 is 0 Å². The van der Waals surface area contributed by atoms with E-state index >= 15 is 0 Å². The zero-order valence-corrected chi connectivity index (χ0v) is 25.6. The lowest BCUT2D eigenvalue weighted by molar-refractivity contribution is -0.138. The van der Waals surface area contributed by atoms with Crippen LogP contribution in [0.4, 0.5) is 0 Å². The van der Waals surface area contributed by atoms with E-state index in [1.807, 2.05) is 72.8 Å². The van der Waals surface area contributed by atoms with Gasteiger partial charge in [0.1, 0.15) is 6.04 Å². The number of carbonyl (C=O) groups is 3. The van der Waals surface area contributed by atoms with Crippen molar-refractivity contribution in [3.8, 4) is 11.1 Å². The number of amides is 3. The van der Waals surface area contributed by atoms with Crippen molar-refractivity contribution >= 4 is 28.5 Å². The van der Waals surface area contributed by atoms with E-state index in [1.165, 1.54) is 12.8 Å². The van der Waals surface area contributed by atoms with Crippen LogP contribution in [0, 0.1) is 0 Å². The van der Waals surface area contributed by atoms with Gasteiger partial charge in [0, 0.05) is 13.1 Å². The van der Waals surface area contributed by atoms with E-state index in [4.69, 9.17) is 5.73 Å². The molecular weight excluding hydrogens is 548 g/mol. The molecule has 1 saturated heterocycles. The number of nitrogens with zero attached hydrogens (tertiary/aromatic N) is 1. The van der Waals surface area contributed by atoms with Crippen LogP contribution in [-0.4, -0.2) is 54.8 Å². The topological polar surface area (TPSA) is 105 Å². The van der Waals surface area contributed by atoms with Gasteiger partial charge in [0.15, 0.2) is 0 Å². The van der Waals surface area contributed by atoms with Gasteiger partial charge >= 0.3 is 0 Å². The van der Waals surface area contributed by atoms with Crippen molar-refractivity contribution in [2.24, 2.45) is 5.73 Å². The minimum absolute atomic E-state index is 0.0637. The number of nitrogens with two attached hydrogens (primary N) is 1. The van der Waals surface area contributed by atoms with Crippen molar-refractivity contribution in [1.29, 1.82) is 0 Å². The van der Waals surface area contributed by atoms with Crippen molar-refractivity contribution in [1.82, 2.24) is 15.5 Å². The number of fused-ring (bicyclic) bond motifs is 1. The monoisotopic (exact) mass is 592 g/mol. The standard InChI is InChI=1S/C33H33N3O3.C4H11N/c37-31(34-19-18-24-9-6-14-27(21-24)25-10-2-1-3-11-25)23-35-33(39)30-17-8-20-36(30)32(38)22-28-15-7-13-26-12-4-5-16-29(26)28;1-2-3-4-5/h1-7,9-16,21,30H,8,17-20,22-23H2,(H,34,37)(H,35,39);2-5H2,1H3. The fraction of sp³-hybridized carbons (Fsp3) is 0.324. The van der Waals surface area contributed by atoms with Gasteiger partial charge in [-0.15, -0.1) is 0 Å². The molecule has 0 spiro atoms. The molecule has 1 aliphatic rings. The van der Waals surface area contributed by atoms with E-state index in [-0.39, 0.29) is 30.7 Å². The molecule has 230 valence electrons. The molecule has 5 rings (SSSR count). The molecule has 3 amide bonds. The maximum Gasteiger partial charge on any atom is 0.243 e. The smallest absolute Gasteiger partial charge is 0.243 e. The van der Waals surface area contributed by atoms with E-state index in [1.54, 1.807) is 4.90 Å². The summed E-state index contributed by atoms with van der Waals surface area (Å²) < 4.78 is 0. The van der Waals surface area contributed by atoms with E-state index in [9.17, 15) is 14.4 Å². The molecule has 1 aliphatic heterocycles. The highest BCUT2D eigenvalue weighted by atomic mass is 16.2. The van der Waals surface area contributed by atoms with Crippen LogP contribution in [0.2, 0.25) is 0 Å². The average molecular weight is 593 g/mol. The van der Waals surface area contributed by atoms with Crippen molar-refractivity contribution in [3.63, 3.8) is 0 Å². The Kier molecular flexibility index (Phi) is 12.5. The summed E-state index contributed by atoms with van der Waals surface area (Å²) in [4.78, 5) is 40.2. The van der Waals surface area contributed by atoms with Crippen LogP contribution in [0.3, 0.4) is 0 Å². The lowest BCUT2D eigenvalue weighted by Gasteiger charge is -2.24. The van der Waals surface area contributed by atoms with Gasteiger partial charge in [0.25, 0.3) is 0 Å². The van der Waals surface area contributed by atoms with Crippen molar-refractivity contribution in [2.45, 2.75) is 51.5 Å². The zero-order valence-electron chi connectivity index (χ0n) is 25.6. The summed E-state index contributed by atoms with van der Waals surface area (Å²) >= 11 is 0. The summed E-state index contributed by atoms with van der Waals surface area (Å²) in [5, 5.41) is 7.77. The van der Waals surface area contributed by atoms with Crippen LogP contribution in [-0.2, 0) is 27.2 Å². The minimum atomic E-state index is -0.541. The molecule has 1 atom stereocenters. The molecule has 4 N–H and O–H groups in total. The van der Waals surface area contributed by atoms with Gasteiger partial charge < -0.3 is 21.3 Å². The highest BCUT2D eigenvalue weighted by molar-refractivity contribution is 5.94. The van der Waals surface area contributed by atoms with Gasteiger partial charge in [-0.05, 0) is 65.3 Å². The second-order valence-corrected chi connectivity index (χ2v) is 11.1. The first kappa shape index (κ1) is 32.4. The number of hydrogen-bond donors (Lipinski definition) is 3. The Morgan fingerprint density at radius 2 is 1.59 bits per heavy atom. The van der Waals surface area contributed by atoms with Gasteiger partial charge in [-0.2, -0.15) is 0 Å². The quantitative estimate of drug-likeness (QED) is 0.221. The van der Waals surface area contributed by atoms with Gasteiger partial charge in [0.2, 0.25) is 17.7 Å². The molecule has 0 aliphatic carbocycles. The first-order valence-corrected chi connectivity index (χ1v) is 15.6. The Bertz CT molecular complexity index is 1510. The molecule has 1 unspecified atom stereocenters. The third-order valence-corrected chi connectivity index (χ3v) is 7.85. The second kappa shape index (κ2) is 17.0. The van der Waals surface area contributed by atoms with Gasteiger partial charge in [-0.1, -0.05) is 110 Å². The summed E-state index contributed by atoms with van der Waals surface area (Å²) in [6, 6.07) is 31.9. The molecule has 44 heavy (non-hydrogen) atoms. The van der Waals surface area contributed by atoms with Crippen molar-refractivity contribution in [2.75, 3.05) is 26.2 Å². The Morgan fingerprint density at radius 3 is 2.36 bits per heavy atom. The average Bonchev–Trinajstić information content (AvgIpc) is 3.56. The van der Waals surface area contributed by atoms with Gasteiger partial charge in [-0.25, -0.2) is 0 Å². The number of rotatable bonds is 11. The zero-order chi connectivity index (χ0) is 31.1. The Balaban J connectivity index is 0.000000818. The Labute approximate surface area is 260 Å². The molecule has 1 fully saturated rings. The van der Waals surface area contributed by atoms with Crippen molar-refractivity contribution < 1.29 is 14.4 Å². The minimum Gasteiger partial charge on any atom is -0.354 e. The fourth-order valence-corrected chi connectivity index (χ4v) is 5.48. The summed E-state index contributed by atoms with van der Waals surface area (Å²) in [7, 11) is 0. The summed E-state index contributed by atoms with van der Waals surface area (Å²) in [5.41, 5.74) is 9.52. The van der Waals surface area contributed by atoms with Crippen LogP contribution in [0.15, 0.2) is 97.1 Å². The van der Waals surface area contributed by atoms with E-state index < -0.39 is 6.04 Å². The molecule has 4 aromatic carbocycles. The molecular formula is C37H44N4O3. The van der Waals surface area contributed by atoms with E-state index in [2.05, 4.69) is 41.8 Å². The lowest BCUT2D eigenvalue weighted by Crippen LogP contribution is -2.48. The Morgan fingerprint density at radius 1 is 0.864 bits per heavy atom. The maximum atomic E-state index is 13.2. The molecule has 7 nitrogen and oxygen atoms in total. The molecule has 0 aromatic heterocycles. The summed E-state index contributed by atoms with van der Waals surface area (Å²) in [6.45, 7) is 3.90. The third kappa shape index (κ3) is 9.25. The number of hydrogen-bond acceptors (Lipinski definition) is 4. The van der Waals surface area contributed by atoms with Crippen LogP contribution in [0.1, 0.15) is 43.7 Å². The molecule has 0 bridgehead atoms. The van der Waals surface area contributed by atoms with Crippen LogP contribution < -0.4 is 16.4 Å². The van der Waals surface area contributed by atoms with Crippen molar-refractivity contribution in [3.05, 3.63) is 108 Å². The number of unbranched alkanes of at least 4 members (excludes halogenated alkanes) is 1. The summed E-state index contributed by atoms with van der Waals surface area (Å²) in [6.07, 6.45) is 4.70. The highest BCUT2D eigenvalue weighted by Gasteiger charge is 2.34. The normalized spacial score (nSPS) is 14.0. The summed E-state index contributed by atoms with van der Waals surface area (Å²) in [5.74, 6) is -0.579. The first-order chi connectivity index (χ1) is 21.5. The van der Waals surface area contributed by atoms with Crippen LogP contribution in [0.5, 0.6) is 0 Å². The molecule has 4 aromatic rings. The molecule has 0 radical (unpaired) electrons. The maximum absolute atomic E-state index is 13.2. The van der Waals surface area contributed by atoms with Gasteiger partial charge in [0.05, 0.1) is 13.0 Å². The number of likely N-dealkylation sites (tertiary alicyclic amines) is 1. The molecule has 1 heterocycles. The number of benzene rings is 4. The van der Waals surface area contributed by atoms with Gasteiger partial charge in [-0.3, -0.25) is 14.4 Å². The predicted molar refractivity (Wildman–Crippen MR) is 178 cm³/mol. The Hall–Kier alpha value is -4.49.